The molecule has 1 saturated carbocycles. The Morgan fingerprint density at radius 1 is 1.30 bits per heavy atom. The number of hydrogen-bond acceptors (Lipinski definition) is 4. The first-order valence-corrected chi connectivity index (χ1v) is 9.46. The van der Waals surface area contributed by atoms with Gasteiger partial charge in [0, 0.05) is 24.2 Å². The van der Waals surface area contributed by atoms with Gasteiger partial charge >= 0.3 is 0 Å². The molecule has 23 heavy (non-hydrogen) atoms. The lowest BCUT2D eigenvalue weighted by atomic mass is 9.86. The topological polar surface area (TPSA) is 72.6 Å². The number of ether oxygens (including phenoxy) is 1. The van der Waals surface area contributed by atoms with Crippen molar-refractivity contribution < 1.29 is 13.2 Å². The predicted octanol–water partition coefficient (Wildman–Crippen LogP) is 2.66. The minimum atomic E-state index is -3.62. The monoisotopic (exact) mass is 380 g/mol. The Hall–Kier alpha value is -0.530. The van der Waals surface area contributed by atoms with Crippen molar-refractivity contribution in [1.82, 2.24) is 4.31 Å². The highest BCUT2D eigenvalue weighted by Gasteiger charge is 2.33. The third kappa shape index (κ3) is 4.12. The quantitative estimate of drug-likeness (QED) is 0.851. The minimum absolute atomic E-state index is 0. The number of nitrogens with zero attached hydrogens (tertiary/aromatic N) is 1. The van der Waals surface area contributed by atoms with E-state index in [1.54, 1.807) is 12.1 Å². The van der Waals surface area contributed by atoms with Crippen molar-refractivity contribution in [2.45, 2.75) is 36.6 Å². The van der Waals surface area contributed by atoms with Gasteiger partial charge in [-0.2, -0.15) is 4.31 Å². The van der Waals surface area contributed by atoms with E-state index in [0.29, 0.717) is 42.8 Å². The van der Waals surface area contributed by atoms with Crippen molar-refractivity contribution in [1.29, 1.82) is 0 Å². The maximum absolute atomic E-state index is 12.8. The lowest BCUT2D eigenvalue weighted by Gasteiger charge is -2.26. The van der Waals surface area contributed by atoms with Gasteiger partial charge in [0.1, 0.15) is 10.6 Å². The largest absolute Gasteiger partial charge is 0.492 e. The third-order valence-electron chi connectivity index (χ3n) is 4.41. The van der Waals surface area contributed by atoms with Gasteiger partial charge in [-0.15, -0.1) is 12.4 Å². The Morgan fingerprint density at radius 3 is 2.61 bits per heavy atom. The second-order valence-corrected chi connectivity index (χ2v) is 8.45. The van der Waals surface area contributed by atoms with E-state index in [1.165, 1.54) is 16.8 Å². The maximum atomic E-state index is 12.8. The number of nitrogens with two attached hydrogens (primary N) is 1. The molecule has 130 valence electrons. The van der Waals surface area contributed by atoms with Gasteiger partial charge in [0.25, 0.3) is 0 Å². The van der Waals surface area contributed by atoms with Gasteiger partial charge in [0.15, 0.2) is 0 Å². The summed E-state index contributed by atoms with van der Waals surface area (Å²) in [5.41, 5.74) is 5.83. The summed E-state index contributed by atoms with van der Waals surface area (Å²) in [7, 11) is -3.62. The van der Waals surface area contributed by atoms with Crippen LogP contribution in [0.3, 0.4) is 0 Å². The molecule has 0 bridgehead atoms. The van der Waals surface area contributed by atoms with Crippen molar-refractivity contribution in [2.75, 3.05) is 19.7 Å². The van der Waals surface area contributed by atoms with E-state index >= 15 is 0 Å². The summed E-state index contributed by atoms with van der Waals surface area (Å²) in [6.07, 6.45) is 4.21. The van der Waals surface area contributed by atoms with E-state index in [-0.39, 0.29) is 23.3 Å². The fourth-order valence-corrected chi connectivity index (χ4v) is 4.69. The molecule has 2 aliphatic rings. The van der Waals surface area contributed by atoms with Gasteiger partial charge in [0.05, 0.1) is 6.61 Å². The highest BCUT2D eigenvalue weighted by atomic mass is 35.5. The standard InChI is InChI=1S/C15H21ClN2O3S.ClH/c16-12-4-5-14(21-10-11-2-1-3-11)15(8-12)22(19,20)18-7-6-13(17)9-18;/h4-5,8,11,13H,1-3,6-7,9-10,17H2;1H/t13-;/m1./s1. The minimum Gasteiger partial charge on any atom is -0.492 e. The highest BCUT2D eigenvalue weighted by molar-refractivity contribution is 7.89. The lowest BCUT2D eigenvalue weighted by Crippen LogP contribution is -2.32. The Labute approximate surface area is 148 Å². The zero-order chi connectivity index (χ0) is 15.7. The number of rotatable bonds is 5. The van der Waals surface area contributed by atoms with Crippen LogP contribution in [-0.2, 0) is 10.0 Å². The summed E-state index contributed by atoms with van der Waals surface area (Å²) in [6.45, 7) is 1.35. The zero-order valence-electron chi connectivity index (χ0n) is 12.8. The van der Waals surface area contributed by atoms with Crippen molar-refractivity contribution in [3.05, 3.63) is 23.2 Å². The summed E-state index contributed by atoms with van der Waals surface area (Å²) >= 11 is 6.00. The van der Waals surface area contributed by atoms with Crippen LogP contribution in [0.4, 0.5) is 0 Å². The summed E-state index contributed by atoms with van der Waals surface area (Å²) in [4.78, 5) is 0.147. The molecule has 3 rings (SSSR count). The molecule has 0 radical (unpaired) electrons. The molecule has 1 aliphatic heterocycles. The van der Waals surface area contributed by atoms with Crippen LogP contribution in [0, 0.1) is 5.92 Å². The normalized spacial score (nSPS) is 22.4. The number of sulfonamides is 1. The van der Waals surface area contributed by atoms with E-state index < -0.39 is 10.0 Å². The molecule has 0 amide bonds. The molecular formula is C15H22Cl2N2O3S. The molecule has 1 saturated heterocycles. The second-order valence-electron chi connectivity index (χ2n) is 6.11. The molecule has 0 spiro atoms. The first-order chi connectivity index (χ1) is 10.5. The van der Waals surface area contributed by atoms with Gasteiger partial charge in [0.2, 0.25) is 10.0 Å². The third-order valence-corrected chi connectivity index (χ3v) is 6.53. The molecule has 1 heterocycles. The van der Waals surface area contributed by atoms with Gasteiger partial charge < -0.3 is 10.5 Å². The smallest absolute Gasteiger partial charge is 0.246 e. The van der Waals surface area contributed by atoms with Crippen LogP contribution in [0.15, 0.2) is 23.1 Å². The highest BCUT2D eigenvalue weighted by Crippen LogP contribution is 2.33. The van der Waals surface area contributed by atoms with Crippen molar-refractivity contribution in [3.8, 4) is 5.75 Å². The molecular weight excluding hydrogens is 359 g/mol. The fraction of sp³-hybridized carbons (Fsp3) is 0.600. The fourth-order valence-electron chi connectivity index (χ4n) is 2.78. The summed E-state index contributed by atoms with van der Waals surface area (Å²) in [5, 5.41) is 0.387. The van der Waals surface area contributed by atoms with Crippen LogP contribution in [0.1, 0.15) is 25.7 Å². The summed E-state index contributed by atoms with van der Waals surface area (Å²) < 4.78 is 32.8. The molecule has 2 fully saturated rings. The van der Waals surface area contributed by atoms with Crippen LogP contribution in [0.5, 0.6) is 5.75 Å². The van der Waals surface area contributed by atoms with Crippen molar-refractivity contribution >= 4 is 34.0 Å². The molecule has 1 aromatic carbocycles. The Morgan fingerprint density at radius 2 is 2.04 bits per heavy atom. The van der Waals surface area contributed by atoms with Gasteiger partial charge in [-0.05, 0) is 43.4 Å². The van der Waals surface area contributed by atoms with Gasteiger partial charge in [-0.3, -0.25) is 0 Å². The van der Waals surface area contributed by atoms with Crippen LogP contribution in [-0.4, -0.2) is 38.5 Å². The van der Waals surface area contributed by atoms with Crippen LogP contribution in [0.2, 0.25) is 5.02 Å². The molecule has 5 nitrogen and oxygen atoms in total. The molecule has 0 unspecified atom stereocenters. The molecule has 1 aliphatic carbocycles. The molecule has 8 heteroatoms. The predicted molar refractivity (Wildman–Crippen MR) is 92.9 cm³/mol. The Balaban J connectivity index is 0.00000192. The van der Waals surface area contributed by atoms with Crippen LogP contribution >= 0.6 is 24.0 Å². The molecule has 1 aromatic rings. The SMILES string of the molecule is Cl.N[C@@H]1CCN(S(=O)(=O)c2cc(Cl)ccc2OCC2CCC2)C1. The second kappa shape index (κ2) is 7.57. The lowest BCUT2D eigenvalue weighted by molar-refractivity contribution is 0.177. The summed E-state index contributed by atoms with van der Waals surface area (Å²) in [6, 6.07) is 4.67. The average Bonchev–Trinajstić information content (AvgIpc) is 2.86. The van der Waals surface area contributed by atoms with E-state index in [0.717, 1.165) is 12.8 Å². The maximum Gasteiger partial charge on any atom is 0.246 e. The van der Waals surface area contributed by atoms with Crippen molar-refractivity contribution in [2.24, 2.45) is 11.7 Å². The molecule has 2 N–H and O–H groups in total. The van der Waals surface area contributed by atoms with Crippen LogP contribution < -0.4 is 10.5 Å². The first-order valence-electron chi connectivity index (χ1n) is 7.65. The Bertz CT molecular complexity index is 650. The van der Waals surface area contributed by atoms with Gasteiger partial charge in [-0.1, -0.05) is 18.0 Å². The summed E-state index contributed by atoms with van der Waals surface area (Å²) in [5.74, 6) is 0.920. The number of benzene rings is 1. The van der Waals surface area contributed by atoms with Crippen LogP contribution in [0.25, 0.3) is 0 Å². The average molecular weight is 381 g/mol. The zero-order valence-corrected chi connectivity index (χ0v) is 15.2. The van der Waals surface area contributed by atoms with Crippen molar-refractivity contribution in [3.63, 3.8) is 0 Å². The first kappa shape index (κ1) is 18.8. The number of halogens is 2. The van der Waals surface area contributed by atoms with E-state index in [9.17, 15) is 8.42 Å². The molecule has 0 aromatic heterocycles. The van der Waals surface area contributed by atoms with E-state index in [1.807, 2.05) is 0 Å². The van der Waals surface area contributed by atoms with Gasteiger partial charge in [-0.25, -0.2) is 8.42 Å². The number of hydrogen-bond donors (Lipinski definition) is 1. The van der Waals surface area contributed by atoms with E-state index in [2.05, 4.69) is 0 Å². The van der Waals surface area contributed by atoms with E-state index in [4.69, 9.17) is 22.1 Å². The Kier molecular flexibility index (Phi) is 6.19. The molecule has 1 atom stereocenters.